The van der Waals surface area contributed by atoms with E-state index in [2.05, 4.69) is 22.3 Å². The number of carbonyl (C=O) groups excluding carboxylic acids is 1. The molecule has 0 unspecified atom stereocenters. The number of hydrogen-bond donors (Lipinski definition) is 1. The second kappa shape index (κ2) is 11.0. The highest BCUT2D eigenvalue weighted by molar-refractivity contribution is 7.92. The van der Waals surface area contributed by atoms with E-state index in [1.54, 1.807) is 36.4 Å². The Hall–Kier alpha value is -2.87. The summed E-state index contributed by atoms with van der Waals surface area (Å²) >= 11 is 6.11. The van der Waals surface area contributed by atoms with E-state index in [-0.39, 0.29) is 11.4 Å². The Labute approximate surface area is 206 Å². The first-order valence-corrected chi connectivity index (χ1v) is 13.1. The van der Waals surface area contributed by atoms with E-state index >= 15 is 0 Å². The fraction of sp³-hybridized carbons (Fsp3) is 0.269. The number of sulfonamides is 1. The molecule has 0 aliphatic carbocycles. The Morgan fingerprint density at radius 2 is 1.62 bits per heavy atom. The molecule has 0 radical (unpaired) electrons. The molecule has 1 aliphatic rings. The lowest BCUT2D eigenvalue weighted by molar-refractivity contribution is -0.119. The van der Waals surface area contributed by atoms with Crippen LogP contribution in [0.25, 0.3) is 0 Å². The van der Waals surface area contributed by atoms with E-state index in [0.717, 1.165) is 29.5 Å². The van der Waals surface area contributed by atoms with Crippen LogP contribution in [0.3, 0.4) is 0 Å². The third-order valence-electron chi connectivity index (χ3n) is 5.80. The number of rotatable bonds is 9. The smallest absolute Gasteiger partial charge is 0.264 e. The van der Waals surface area contributed by atoms with Gasteiger partial charge in [-0.1, -0.05) is 60.1 Å². The van der Waals surface area contributed by atoms with Crippen LogP contribution >= 0.6 is 11.6 Å². The van der Waals surface area contributed by atoms with Gasteiger partial charge in [0.05, 0.1) is 10.6 Å². The number of halogens is 1. The van der Waals surface area contributed by atoms with Gasteiger partial charge >= 0.3 is 0 Å². The highest BCUT2D eigenvalue weighted by Gasteiger charge is 2.27. The summed E-state index contributed by atoms with van der Waals surface area (Å²) in [5.41, 5.74) is 2.52. The number of nitrogens with one attached hydrogen (secondary N) is 1. The van der Waals surface area contributed by atoms with Crippen LogP contribution in [0.1, 0.15) is 24.0 Å². The molecule has 6 nitrogen and oxygen atoms in total. The molecule has 1 heterocycles. The van der Waals surface area contributed by atoms with E-state index in [9.17, 15) is 13.2 Å². The Kier molecular flexibility index (Phi) is 7.88. The molecule has 0 atom stereocenters. The third-order valence-corrected chi connectivity index (χ3v) is 7.82. The Morgan fingerprint density at radius 3 is 2.35 bits per heavy atom. The predicted molar refractivity (Wildman–Crippen MR) is 135 cm³/mol. The largest absolute Gasteiger partial charge is 0.350 e. The fourth-order valence-corrected chi connectivity index (χ4v) is 5.71. The molecular weight excluding hydrogens is 470 g/mol. The number of carbonyl (C=O) groups is 1. The number of nitrogens with zero attached hydrogens (tertiary/aromatic N) is 2. The lowest BCUT2D eigenvalue weighted by Crippen LogP contribution is -2.40. The zero-order valence-corrected chi connectivity index (χ0v) is 20.4. The molecule has 1 fully saturated rings. The van der Waals surface area contributed by atoms with E-state index in [4.69, 9.17) is 11.6 Å². The summed E-state index contributed by atoms with van der Waals surface area (Å²) in [6.07, 6.45) is 2.48. The van der Waals surface area contributed by atoms with Crippen LogP contribution in [0.4, 0.5) is 5.69 Å². The standard InChI is InChI=1S/C26H28ClN3O3S/c27-23-10-7-11-24(17-23)30(34(32,33)25-12-2-1-3-13-25)20-26(31)28-18-21-8-6-9-22(16-21)19-29-14-4-5-15-29/h1-3,6-13,16-17H,4-5,14-15,18-20H2,(H,28,31). The maximum atomic E-state index is 13.4. The second-order valence-corrected chi connectivity index (χ2v) is 10.7. The second-order valence-electron chi connectivity index (χ2n) is 8.38. The monoisotopic (exact) mass is 497 g/mol. The molecule has 1 amide bonds. The van der Waals surface area contributed by atoms with E-state index in [0.29, 0.717) is 17.3 Å². The van der Waals surface area contributed by atoms with Crippen molar-refractivity contribution >= 4 is 33.2 Å². The topological polar surface area (TPSA) is 69.7 Å². The number of anilines is 1. The summed E-state index contributed by atoms with van der Waals surface area (Å²) in [6.45, 7) is 3.11. The lowest BCUT2D eigenvalue weighted by Gasteiger charge is -2.24. The maximum Gasteiger partial charge on any atom is 0.264 e. The summed E-state index contributed by atoms with van der Waals surface area (Å²) in [5.74, 6) is -0.399. The first-order valence-electron chi connectivity index (χ1n) is 11.3. The van der Waals surface area contributed by atoms with Crippen molar-refractivity contribution in [3.05, 3.63) is 95.0 Å². The van der Waals surface area contributed by atoms with Gasteiger partial charge < -0.3 is 5.32 Å². The number of benzene rings is 3. The molecule has 34 heavy (non-hydrogen) atoms. The molecule has 0 bridgehead atoms. The summed E-state index contributed by atoms with van der Waals surface area (Å²) < 4.78 is 27.8. The average Bonchev–Trinajstić information content (AvgIpc) is 3.35. The zero-order chi connectivity index (χ0) is 24.0. The number of likely N-dealkylation sites (tertiary alicyclic amines) is 1. The van der Waals surface area contributed by atoms with Crippen molar-refractivity contribution in [1.82, 2.24) is 10.2 Å². The van der Waals surface area contributed by atoms with Crippen LogP contribution in [0.2, 0.25) is 5.02 Å². The molecule has 0 spiro atoms. The van der Waals surface area contributed by atoms with Gasteiger partial charge in [0.2, 0.25) is 5.91 Å². The van der Waals surface area contributed by atoms with Gasteiger partial charge in [0.25, 0.3) is 10.0 Å². The van der Waals surface area contributed by atoms with Gasteiger partial charge in [-0.25, -0.2) is 8.42 Å². The first-order chi connectivity index (χ1) is 16.4. The van der Waals surface area contributed by atoms with E-state index in [1.165, 1.54) is 36.6 Å². The van der Waals surface area contributed by atoms with Gasteiger partial charge in [-0.2, -0.15) is 0 Å². The van der Waals surface area contributed by atoms with Gasteiger partial charge in [0, 0.05) is 18.1 Å². The Morgan fingerprint density at radius 1 is 0.912 bits per heavy atom. The van der Waals surface area contributed by atoms with Crippen LogP contribution in [-0.2, 0) is 27.9 Å². The molecule has 178 valence electrons. The molecule has 3 aromatic carbocycles. The van der Waals surface area contributed by atoms with Crippen LogP contribution in [-0.4, -0.2) is 38.9 Å². The zero-order valence-electron chi connectivity index (χ0n) is 18.9. The lowest BCUT2D eigenvalue weighted by atomic mass is 10.1. The van der Waals surface area contributed by atoms with E-state index < -0.39 is 15.9 Å². The SMILES string of the molecule is O=C(CN(c1cccc(Cl)c1)S(=O)(=O)c1ccccc1)NCc1cccc(CN2CCCC2)c1. The first kappa shape index (κ1) is 24.3. The highest BCUT2D eigenvalue weighted by atomic mass is 35.5. The molecule has 1 N–H and O–H groups in total. The molecular formula is C26H28ClN3O3S. The van der Waals surface area contributed by atoms with Crippen molar-refractivity contribution in [2.75, 3.05) is 23.9 Å². The van der Waals surface area contributed by atoms with Crippen molar-refractivity contribution in [3.8, 4) is 0 Å². The number of amides is 1. The van der Waals surface area contributed by atoms with E-state index in [1.807, 2.05) is 12.1 Å². The van der Waals surface area contributed by atoms with Crippen LogP contribution in [0, 0.1) is 0 Å². The molecule has 0 aromatic heterocycles. The summed E-state index contributed by atoms with van der Waals surface area (Å²) in [7, 11) is -3.96. The predicted octanol–water partition coefficient (Wildman–Crippen LogP) is 4.45. The molecule has 1 aliphatic heterocycles. The number of hydrogen-bond acceptors (Lipinski definition) is 4. The third kappa shape index (κ3) is 6.17. The fourth-order valence-electron chi connectivity index (χ4n) is 4.09. The van der Waals surface area contributed by atoms with Crippen molar-refractivity contribution < 1.29 is 13.2 Å². The minimum atomic E-state index is -3.96. The minimum absolute atomic E-state index is 0.109. The van der Waals surface area contributed by atoms with Crippen LogP contribution < -0.4 is 9.62 Å². The Bertz CT molecular complexity index is 1230. The summed E-state index contributed by atoms with van der Waals surface area (Å²) in [6, 6.07) is 22.7. The molecule has 8 heteroatoms. The minimum Gasteiger partial charge on any atom is -0.350 e. The average molecular weight is 498 g/mol. The van der Waals surface area contributed by atoms with Crippen molar-refractivity contribution in [1.29, 1.82) is 0 Å². The normalized spacial score (nSPS) is 14.1. The quantitative estimate of drug-likeness (QED) is 0.474. The van der Waals surface area contributed by atoms with Crippen molar-refractivity contribution in [2.45, 2.75) is 30.8 Å². The molecule has 3 aromatic rings. The van der Waals surface area contributed by atoms with Crippen molar-refractivity contribution in [3.63, 3.8) is 0 Å². The van der Waals surface area contributed by atoms with Crippen LogP contribution in [0.5, 0.6) is 0 Å². The van der Waals surface area contributed by atoms with Gasteiger partial charge in [0.15, 0.2) is 0 Å². The molecule has 0 saturated carbocycles. The maximum absolute atomic E-state index is 13.4. The van der Waals surface area contributed by atoms with Crippen molar-refractivity contribution in [2.24, 2.45) is 0 Å². The van der Waals surface area contributed by atoms with Gasteiger partial charge in [-0.3, -0.25) is 14.0 Å². The summed E-state index contributed by atoms with van der Waals surface area (Å²) in [5, 5.41) is 3.26. The molecule has 1 saturated heterocycles. The van der Waals surface area contributed by atoms with Crippen LogP contribution in [0.15, 0.2) is 83.8 Å². The van der Waals surface area contributed by atoms with Gasteiger partial charge in [-0.15, -0.1) is 0 Å². The summed E-state index contributed by atoms with van der Waals surface area (Å²) in [4.78, 5) is 15.4. The van der Waals surface area contributed by atoms with Gasteiger partial charge in [0.1, 0.15) is 6.54 Å². The van der Waals surface area contributed by atoms with Gasteiger partial charge in [-0.05, 0) is 67.4 Å². The highest BCUT2D eigenvalue weighted by Crippen LogP contribution is 2.26. The Balaban J connectivity index is 1.47. The molecule has 4 rings (SSSR count).